The number of nitrogens with one attached hydrogen (secondary N) is 3. The quantitative estimate of drug-likeness (QED) is 0.336. The van der Waals surface area contributed by atoms with Crippen LogP contribution in [0.2, 0.25) is 0 Å². The standard InChI is InChI=1S/C27H32FN11O/c1-16-11-23(36-35-16)33-25-21-5-4-6-22(21)32-26(34-25)37-9-10-38(17(2)14-37)27(40)31-18(3)19-7-8-24(29-12-19)39-15-20(28)13-30-39/h7-8,11-13,15,17-18H,4-6,9-10,14H2,1-3H3,(H,31,40)(H2,32,33,34,35,36)/t17-,18-/m0/s1. The topological polar surface area (TPSA) is 133 Å². The molecule has 6 rings (SSSR count). The van der Waals surface area contributed by atoms with E-state index in [1.807, 2.05) is 37.8 Å². The normalized spacial score (nSPS) is 17.6. The van der Waals surface area contributed by atoms with Crippen molar-refractivity contribution < 1.29 is 9.18 Å². The Morgan fingerprint density at radius 3 is 2.77 bits per heavy atom. The Morgan fingerprint density at radius 1 is 1.20 bits per heavy atom. The van der Waals surface area contributed by atoms with Gasteiger partial charge in [0.05, 0.1) is 24.1 Å². The Hall–Kier alpha value is -4.55. The number of fused-ring (bicyclic) bond motifs is 1. The number of H-pyrrole nitrogens is 1. The van der Waals surface area contributed by atoms with Crippen LogP contribution in [-0.4, -0.2) is 71.5 Å². The van der Waals surface area contributed by atoms with Crippen LogP contribution in [0.4, 0.5) is 26.8 Å². The summed E-state index contributed by atoms with van der Waals surface area (Å²) in [4.78, 5) is 31.4. The van der Waals surface area contributed by atoms with Gasteiger partial charge in [-0.3, -0.25) is 5.10 Å². The maximum absolute atomic E-state index is 13.3. The van der Waals surface area contributed by atoms with Crippen LogP contribution in [0.15, 0.2) is 36.8 Å². The number of hydrogen-bond donors (Lipinski definition) is 3. The molecule has 40 heavy (non-hydrogen) atoms. The molecule has 12 nitrogen and oxygen atoms in total. The highest BCUT2D eigenvalue weighted by Gasteiger charge is 2.31. The average Bonchev–Trinajstić information content (AvgIpc) is 3.70. The Bertz CT molecular complexity index is 1520. The number of anilines is 3. The van der Waals surface area contributed by atoms with Gasteiger partial charge < -0.3 is 20.4 Å². The van der Waals surface area contributed by atoms with Gasteiger partial charge >= 0.3 is 6.03 Å². The van der Waals surface area contributed by atoms with Crippen molar-refractivity contribution in [2.75, 3.05) is 29.9 Å². The fourth-order valence-electron chi connectivity index (χ4n) is 5.28. The highest BCUT2D eigenvalue weighted by Crippen LogP contribution is 2.31. The molecule has 1 aliphatic carbocycles. The zero-order chi connectivity index (χ0) is 27.8. The number of nitrogens with zero attached hydrogens (tertiary/aromatic N) is 8. The first-order valence-corrected chi connectivity index (χ1v) is 13.5. The predicted octanol–water partition coefficient (Wildman–Crippen LogP) is 3.44. The fourth-order valence-corrected chi connectivity index (χ4v) is 5.28. The summed E-state index contributed by atoms with van der Waals surface area (Å²) in [6, 6.07) is 5.12. The highest BCUT2D eigenvalue weighted by atomic mass is 19.1. The molecule has 1 aliphatic heterocycles. The molecule has 4 aromatic rings. The molecule has 208 valence electrons. The van der Waals surface area contributed by atoms with Crippen molar-refractivity contribution in [3.63, 3.8) is 0 Å². The number of carbonyl (C=O) groups excluding carboxylic acids is 1. The van der Waals surface area contributed by atoms with Gasteiger partial charge in [0, 0.05) is 49.2 Å². The third-order valence-corrected chi connectivity index (χ3v) is 7.44. The van der Waals surface area contributed by atoms with E-state index in [0.717, 1.165) is 59.6 Å². The van der Waals surface area contributed by atoms with Crippen LogP contribution in [0.3, 0.4) is 0 Å². The summed E-state index contributed by atoms with van der Waals surface area (Å²) in [6.45, 7) is 7.71. The Labute approximate surface area is 231 Å². The van der Waals surface area contributed by atoms with Gasteiger partial charge in [-0.05, 0) is 51.7 Å². The number of piperazine rings is 1. The van der Waals surface area contributed by atoms with Gasteiger partial charge in [-0.15, -0.1) is 0 Å². The molecule has 0 unspecified atom stereocenters. The van der Waals surface area contributed by atoms with Gasteiger partial charge in [-0.1, -0.05) is 6.07 Å². The summed E-state index contributed by atoms with van der Waals surface area (Å²) in [7, 11) is 0. The molecule has 2 atom stereocenters. The smallest absolute Gasteiger partial charge is 0.318 e. The lowest BCUT2D eigenvalue weighted by atomic mass is 10.1. The monoisotopic (exact) mass is 545 g/mol. The van der Waals surface area contributed by atoms with Crippen LogP contribution in [0.1, 0.15) is 48.8 Å². The molecule has 4 aromatic heterocycles. The second-order valence-corrected chi connectivity index (χ2v) is 10.4. The molecule has 1 saturated heterocycles. The number of halogens is 1. The first-order chi connectivity index (χ1) is 19.3. The molecule has 0 bridgehead atoms. The second kappa shape index (κ2) is 10.5. The molecule has 2 aliphatic rings. The largest absolute Gasteiger partial charge is 0.337 e. The maximum atomic E-state index is 13.3. The average molecular weight is 546 g/mol. The molecule has 3 N–H and O–H groups in total. The van der Waals surface area contributed by atoms with Crippen LogP contribution in [0.25, 0.3) is 5.82 Å². The van der Waals surface area contributed by atoms with Crippen molar-refractivity contribution in [3.05, 3.63) is 65.1 Å². The van der Waals surface area contributed by atoms with Gasteiger partial charge in [0.25, 0.3) is 0 Å². The van der Waals surface area contributed by atoms with Crippen molar-refractivity contribution in [3.8, 4) is 5.82 Å². The molecular weight excluding hydrogens is 513 g/mol. The van der Waals surface area contributed by atoms with Crippen LogP contribution in [0, 0.1) is 12.7 Å². The number of aromatic amines is 1. The minimum absolute atomic E-state index is 0.0431. The van der Waals surface area contributed by atoms with Crippen LogP contribution in [0.5, 0.6) is 0 Å². The van der Waals surface area contributed by atoms with E-state index in [9.17, 15) is 9.18 Å². The number of amides is 2. The Balaban J connectivity index is 1.10. The van der Waals surface area contributed by atoms with Gasteiger partial charge in [-0.25, -0.2) is 23.8 Å². The molecule has 13 heteroatoms. The van der Waals surface area contributed by atoms with Crippen molar-refractivity contribution in [2.24, 2.45) is 0 Å². The van der Waals surface area contributed by atoms with E-state index in [2.05, 4.69) is 35.8 Å². The van der Waals surface area contributed by atoms with E-state index in [0.29, 0.717) is 31.4 Å². The molecule has 0 saturated carbocycles. The van der Waals surface area contributed by atoms with E-state index in [1.54, 1.807) is 12.3 Å². The summed E-state index contributed by atoms with van der Waals surface area (Å²) in [5.41, 5.74) is 4.06. The second-order valence-electron chi connectivity index (χ2n) is 10.4. The van der Waals surface area contributed by atoms with Crippen molar-refractivity contribution in [1.29, 1.82) is 0 Å². The first kappa shape index (κ1) is 25.7. The zero-order valence-corrected chi connectivity index (χ0v) is 22.7. The van der Waals surface area contributed by atoms with Gasteiger partial charge in [0.15, 0.2) is 17.5 Å². The summed E-state index contributed by atoms with van der Waals surface area (Å²) in [5, 5.41) is 17.6. The number of pyridine rings is 1. The summed E-state index contributed by atoms with van der Waals surface area (Å²) in [6.07, 6.45) is 7.01. The lowest BCUT2D eigenvalue weighted by Crippen LogP contribution is -2.57. The van der Waals surface area contributed by atoms with Crippen LogP contribution >= 0.6 is 0 Å². The van der Waals surface area contributed by atoms with E-state index in [4.69, 9.17) is 9.97 Å². The van der Waals surface area contributed by atoms with Crippen molar-refractivity contribution in [1.82, 2.24) is 45.1 Å². The number of aromatic nitrogens is 7. The van der Waals surface area contributed by atoms with Crippen molar-refractivity contribution in [2.45, 2.75) is 52.1 Å². The predicted molar refractivity (Wildman–Crippen MR) is 147 cm³/mol. The molecule has 0 spiro atoms. The van der Waals surface area contributed by atoms with Gasteiger partial charge in [-0.2, -0.15) is 15.2 Å². The molecule has 0 aromatic carbocycles. The Kier molecular flexibility index (Phi) is 6.78. The van der Waals surface area contributed by atoms with Crippen LogP contribution < -0.4 is 15.5 Å². The number of urea groups is 1. The fraction of sp³-hybridized carbons (Fsp3) is 0.407. The van der Waals surface area contributed by atoms with Gasteiger partial charge in [0.1, 0.15) is 5.82 Å². The van der Waals surface area contributed by atoms with E-state index < -0.39 is 5.82 Å². The third-order valence-electron chi connectivity index (χ3n) is 7.44. The summed E-state index contributed by atoms with van der Waals surface area (Å²) >= 11 is 0. The van der Waals surface area contributed by atoms with E-state index in [-0.39, 0.29) is 18.1 Å². The summed E-state index contributed by atoms with van der Waals surface area (Å²) in [5.74, 6) is 2.30. The highest BCUT2D eigenvalue weighted by molar-refractivity contribution is 5.75. The SMILES string of the molecule is Cc1cc(Nc2nc(N3CCN(C(=O)N[C@@H](C)c4ccc(-n5cc(F)cn5)nc4)[C@@H](C)C3)nc3c2CCC3)n[nH]1. The maximum Gasteiger partial charge on any atom is 0.318 e. The van der Waals surface area contributed by atoms with E-state index in [1.165, 1.54) is 10.9 Å². The third kappa shape index (κ3) is 5.18. The van der Waals surface area contributed by atoms with Crippen LogP contribution in [-0.2, 0) is 12.8 Å². The number of aryl methyl sites for hydroxylation is 2. The first-order valence-electron chi connectivity index (χ1n) is 13.5. The molecule has 1 fully saturated rings. The number of hydrogen-bond acceptors (Lipinski definition) is 8. The molecule has 0 radical (unpaired) electrons. The molecule has 5 heterocycles. The Morgan fingerprint density at radius 2 is 2.08 bits per heavy atom. The minimum atomic E-state index is -0.426. The lowest BCUT2D eigenvalue weighted by molar-refractivity contribution is 0.168. The summed E-state index contributed by atoms with van der Waals surface area (Å²) < 4.78 is 14.6. The lowest BCUT2D eigenvalue weighted by Gasteiger charge is -2.40. The number of rotatable bonds is 6. The minimum Gasteiger partial charge on any atom is -0.337 e. The zero-order valence-electron chi connectivity index (χ0n) is 22.7. The molecule has 2 amide bonds. The molecular formula is C27H32FN11O. The van der Waals surface area contributed by atoms with Gasteiger partial charge in [0.2, 0.25) is 5.95 Å². The van der Waals surface area contributed by atoms with Crippen molar-refractivity contribution >= 4 is 23.6 Å². The van der Waals surface area contributed by atoms with E-state index >= 15 is 0 Å². The number of carbonyl (C=O) groups is 1.